The van der Waals surface area contributed by atoms with Gasteiger partial charge in [-0.3, -0.25) is 9.59 Å². The molecule has 1 saturated heterocycles. The van der Waals surface area contributed by atoms with E-state index in [1.807, 2.05) is 0 Å². The second-order valence-corrected chi connectivity index (χ2v) is 8.23. The molecule has 2 amide bonds. The van der Waals surface area contributed by atoms with Gasteiger partial charge < -0.3 is 10.2 Å². The van der Waals surface area contributed by atoms with Gasteiger partial charge in [0.25, 0.3) is 5.91 Å². The molecule has 0 bridgehead atoms. The van der Waals surface area contributed by atoms with Crippen molar-refractivity contribution in [3.05, 3.63) is 34.9 Å². The van der Waals surface area contributed by atoms with E-state index in [9.17, 15) is 35.9 Å². The molecular weight excluding hydrogens is 426 g/mol. The van der Waals surface area contributed by atoms with E-state index in [4.69, 9.17) is 0 Å². The second-order valence-electron chi connectivity index (χ2n) is 8.23. The number of nitrogens with zero attached hydrogens (tertiary/aromatic N) is 1. The fourth-order valence-corrected chi connectivity index (χ4v) is 4.20. The average Bonchev–Trinajstić information content (AvgIpc) is 2.72. The molecule has 1 aliphatic carbocycles. The first kappa shape index (κ1) is 23.4. The fourth-order valence-electron chi connectivity index (χ4n) is 4.20. The van der Waals surface area contributed by atoms with Crippen LogP contribution in [0.15, 0.2) is 18.2 Å². The van der Waals surface area contributed by atoms with E-state index in [1.54, 1.807) is 0 Å². The summed E-state index contributed by atoms with van der Waals surface area (Å²) in [6, 6.07) is 0.935. The van der Waals surface area contributed by atoms with Crippen LogP contribution in [0.4, 0.5) is 26.3 Å². The molecule has 10 heteroatoms. The summed E-state index contributed by atoms with van der Waals surface area (Å²) in [5.74, 6) is -1.69. The molecule has 4 nitrogen and oxygen atoms in total. The third-order valence-corrected chi connectivity index (χ3v) is 5.87. The van der Waals surface area contributed by atoms with Crippen molar-refractivity contribution in [2.75, 3.05) is 13.1 Å². The number of carbonyl (C=O) groups is 2. The molecule has 1 aliphatic heterocycles. The van der Waals surface area contributed by atoms with Gasteiger partial charge in [-0.05, 0) is 43.9 Å². The standard InChI is InChI=1S/C21H24F6N2O2/c22-20(23,24)15-9-14(10-16(11-15)21(25,26)27)19(31)29-8-4-5-13(12-29)18(30)28-17-6-2-1-3-7-17/h9-11,13,17H,1-8,12H2,(H,28,30). The number of piperidine rings is 1. The number of benzene rings is 1. The lowest BCUT2D eigenvalue weighted by atomic mass is 9.92. The fraction of sp³-hybridized carbons (Fsp3) is 0.619. The van der Waals surface area contributed by atoms with Crippen molar-refractivity contribution in [1.29, 1.82) is 0 Å². The number of hydrogen-bond donors (Lipinski definition) is 1. The van der Waals surface area contributed by atoms with Crippen LogP contribution in [-0.2, 0) is 17.1 Å². The normalized spacial score (nSPS) is 21.1. The Bertz CT molecular complexity index is 783. The molecule has 31 heavy (non-hydrogen) atoms. The first-order valence-corrected chi connectivity index (χ1v) is 10.3. The Hall–Kier alpha value is -2.26. The molecule has 1 unspecified atom stereocenters. The highest BCUT2D eigenvalue weighted by atomic mass is 19.4. The molecule has 3 rings (SSSR count). The van der Waals surface area contributed by atoms with E-state index in [-0.39, 0.29) is 31.1 Å². The Morgan fingerprint density at radius 3 is 1.97 bits per heavy atom. The van der Waals surface area contributed by atoms with Gasteiger partial charge in [-0.2, -0.15) is 26.3 Å². The Morgan fingerprint density at radius 1 is 0.839 bits per heavy atom. The molecule has 0 spiro atoms. The third-order valence-electron chi connectivity index (χ3n) is 5.87. The van der Waals surface area contributed by atoms with E-state index >= 15 is 0 Å². The summed E-state index contributed by atoms with van der Waals surface area (Å²) in [5, 5.41) is 2.97. The molecule has 1 atom stereocenters. The van der Waals surface area contributed by atoms with Gasteiger partial charge in [0.2, 0.25) is 5.91 Å². The van der Waals surface area contributed by atoms with Gasteiger partial charge in [0, 0.05) is 24.7 Å². The zero-order valence-corrected chi connectivity index (χ0v) is 16.8. The summed E-state index contributed by atoms with van der Waals surface area (Å²) in [6.07, 6.45) is -4.17. The number of nitrogens with one attached hydrogen (secondary N) is 1. The van der Waals surface area contributed by atoms with Crippen LogP contribution in [0.2, 0.25) is 0 Å². The minimum Gasteiger partial charge on any atom is -0.353 e. The van der Waals surface area contributed by atoms with E-state index in [1.165, 1.54) is 4.90 Å². The maximum atomic E-state index is 13.1. The Kier molecular flexibility index (Phi) is 6.85. The zero-order valence-electron chi connectivity index (χ0n) is 16.8. The second kappa shape index (κ2) is 9.08. The number of carbonyl (C=O) groups excluding carboxylic acids is 2. The molecule has 1 N–H and O–H groups in total. The number of alkyl halides is 6. The van der Waals surface area contributed by atoms with Gasteiger partial charge in [0.1, 0.15) is 0 Å². The first-order valence-electron chi connectivity index (χ1n) is 10.3. The predicted molar refractivity (Wildman–Crippen MR) is 100 cm³/mol. The SMILES string of the molecule is O=C(NC1CCCCC1)C1CCCN(C(=O)c2cc(C(F)(F)F)cc(C(F)(F)F)c2)C1. The van der Waals surface area contributed by atoms with Gasteiger partial charge in [-0.15, -0.1) is 0 Å². The third kappa shape index (κ3) is 5.92. The van der Waals surface area contributed by atoms with Crippen LogP contribution in [0.5, 0.6) is 0 Å². The molecule has 2 fully saturated rings. The molecule has 1 aromatic rings. The van der Waals surface area contributed by atoms with Crippen molar-refractivity contribution in [2.45, 2.75) is 63.3 Å². The zero-order chi connectivity index (χ0) is 22.8. The topological polar surface area (TPSA) is 49.4 Å². The number of halogens is 6. The smallest absolute Gasteiger partial charge is 0.353 e. The van der Waals surface area contributed by atoms with Crippen LogP contribution in [0.3, 0.4) is 0 Å². The lowest BCUT2D eigenvalue weighted by molar-refractivity contribution is -0.143. The maximum absolute atomic E-state index is 13.1. The first-order chi connectivity index (χ1) is 14.4. The van der Waals surface area contributed by atoms with Crippen molar-refractivity contribution < 1.29 is 35.9 Å². The van der Waals surface area contributed by atoms with Crippen molar-refractivity contribution in [2.24, 2.45) is 5.92 Å². The van der Waals surface area contributed by atoms with Crippen LogP contribution in [-0.4, -0.2) is 35.8 Å². The van der Waals surface area contributed by atoms with Gasteiger partial charge in [0.15, 0.2) is 0 Å². The van der Waals surface area contributed by atoms with E-state index in [2.05, 4.69) is 5.32 Å². The number of amides is 2. The van der Waals surface area contributed by atoms with Crippen molar-refractivity contribution in [3.8, 4) is 0 Å². The van der Waals surface area contributed by atoms with Crippen LogP contribution in [0.1, 0.15) is 66.4 Å². The molecule has 1 saturated carbocycles. The summed E-state index contributed by atoms with van der Waals surface area (Å²) in [7, 11) is 0. The monoisotopic (exact) mass is 450 g/mol. The Labute approximate surface area is 176 Å². The van der Waals surface area contributed by atoms with Crippen molar-refractivity contribution >= 4 is 11.8 Å². The lowest BCUT2D eigenvalue weighted by Crippen LogP contribution is -2.48. The lowest BCUT2D eigenvalue weighted by Gasteiger charge is -2.33. The Balaban J connectivity index is 1.76. The van der Waals surface area contributed by atoms with Crippen LogP contribution in [0.25, 0.3) is 0 Å². The maximum Gasteiger partial charge on any atom is 0.416 e. The van der Waals surface area contributed by atoms with Gasteiger partial charge in [-0.25, -0.2) is 0 Å². The molecule has 172 valence electrons. The van der Waals surface area contributed by atoms with E-state index in [0.717, 1.165) is 32.1 Å². The van der Waals surface area contributed by atoms with Crippen LogP contribution >= 0.6 is 0 Å². The van der Waals surface area contributed by atoms with Crippen LogP contribution < -0.4 is 5.32 Å². The summed E-state index contributed by atoms with van der Waals surface area (Å²) < 4.78 is 78.5. The summed E-state index contributed by atoms with van der Waals surface area (Å²) in [4.78, 5) is 26.5. The molecule has 1 aromatic carbocycles. The number of rotatable bonds is 3. The quantitative estimate of drug-likeness (QED) is 0.657. The van der Waals surface area contributed by atoms with E-state index in [0.29, 0.717) is 25.0 Å². The molecular formula is C21H24F6N2O2. The number of likely N-dealkylation sites (tertiary alicyclic amines) is 1. The molecule has 0 aromatic heterocycles. The molecule has 0 radical (unpaired) electrons. The summed E-state index contributed by atoms with van der Waals surface area (Å²) in [6.45, 7) is 0.138. The average molecular weight is 450 g/mol. The minimum atomic E-state index is -5.03. The molecule has 2 aliphatic rings. The highest BCUT2D eigenvalue weighted by Crippen LogP contribution is 2.36. The number of hydrogen-bond acceptors (Lipinski definition) is 2. The van der Waals surface area contributed by atoms with Gasteiger partial charge in [-0.1, -0.05) is 19.3 Å². The highest BCUT2D eigenvalue weighted by molar-refractivity contribution is 5.95. The Morgan fingerprint density at radius 2 is 1.42 bits per heavy atom. The highest BCUT2D eigenvalue weighted by Gasteiger charge is 2.38. The summed E-state index contributed by atoms with van der Waals surface area (Å²) in [5.41, 5.74) is -3.75. The van der Waals surface area contributed by atoms with Crippen molar-refractivity contribution in [1.82, 2.24) is 10.2 Å². The summed E-state index contributed by atoms with van der Waals surface area (Å²) >= 11 is 0. The van der Waals surface area contributed by atoms with Crippen molar-refractivity contribution in [3.63, 3.8) is 0 Å². The molecule has 1 heterocycles. The van der Waals surface area contributed by atoms with Gasteiger partial charge in [0.05, 0.1) is 17.0 Å². The predicted octanol–water partition coefficient (Wildman–Crippen LogP) is 5.03. The largest absolute Gasteiger partial charge is 0.416 e. The minimum absolute atomic E-state index is 0.00654. The van der Waals surface area contributed by atoms with E-state index < -0.39 is 40.9 Å². The van der Waals surface area contributed by atoms with Gasteiger partial charge >= 0.3 is 12.4 Å². The van der Waals surface area contributed by atoms with Crippen LogP contribution in [0, 0.1) is 5.92 Å².